The first-order chi connectivity index (χ1) is 7.49. The summed E-state index contributed by atoms with van der Waals surface area (Å²) in [5.41, 5.74) is 6.48. The Morgan fingerprint density at radius 3 is 2.50 bits per heavy atom. The van der Waals surface area contributed by atoms with Gasteiger partial charge in [0.25, 0.3) is 0 Å². The number of ether oxygens (including phenoxy) is 1. The Kier molecular flexibility index (Phi) is 4.59. The third kappa shape index (κ3) is 2.67. The molecule has 3 nitrogen and oxygen atoms in total. The fourth-order valence-corrected chi connectivity index (χ4v) is 1.82. The van der Waals surface area contributed by atoms with Crippen molar-refractivity contribution in [1.29, 1.82) is 0 Å². The van der Waals surface area contributed by atoms with E-state index in [9.17, 15) is 5.11 Å². The molecule has 0 spiro atoms. The van der Waals surface area contributed by atoms with E-state index >= 15 is 0 Å². The van der Waals surface area contributed by atoms with E-state index in [1.165, 1.54) is 0 Å². The molecule has 1 aromatic rings. The molecule has 0 heterocycles. The summed E-state index contributed by atoms with van der Waals surface area (Å²) < 4.78 is 5.18. The zero-order valence-corrected chi connectivity index (χ0v) is 10.5. The Morgan fingerprint density at radius 2 is 2.00 bits per heavy atom. The van der Waals surface area contributed by atoms with Crippen molar-refractivity contribution >= 4 is 11.6 Å². The fourth-order valence-electron chi connectivity index (χ4n) is 1.54. The van der Waals surface area contributed by atoms with E-state index in [0.29, 0.717) is 16.3 Å². The first kappa shape index (κ1) is 13.3. The van der Waals surface area contributed by atoms with Gasteiger partial charge in [-0.25, -0.2) is 0 Å². The second-order valence-corrected chi connectivity index (χ2v) is 4.53. The summed E-state index contributed by atoms with van der Waals surface area (Å²) in [6.45, 7) is 3.91. The SMILES string of the molecule is COc1cccc(Cl)c1C(O)C(N)C(C)C. The highest BCUT2D eigenvalue weighted by Gasteiger charge is 2.25. The molecule has 2 unspecified atom stereocenters. The number of aliphatic hydroxyl groups excluding tert-OH is 1. The molecule has 16 heavy (non-hydrogen) atoms. The van der Waals surface area contributed by atoms with Crippen LogP contribution in [-0.2, 0) is 0 Å². The third-order valence-corrected chi connectivity index (χ3v) is 2.99. The number of aliphatic hydroxyl groups is 1. The molecule has 2 atom stereocenters. The quantitative estimate of drug-likeness (QED) is 0.854. The Morgan fingerprint density at radius 1 is 1.38 bits per heavy atom. The van der Waals surface area contributed by atoms with Crippen LogP contribution in [0.25, 0.3) is 0 Å². The Labute approximate surface area is 101 Å². The van der Waals surface area contributed by atoms with Gasteiger partial charge >= 0.3 is 0 Å². The molecule has 0 aliphatic carbocycles. The largest absolute Gasteiger partial charge is 0.496 e. The molecule has 0 bridgehead atoms. The number of benzene rings is 1. The van der Waals surface area contributed by atoms with Crippen LogP contribution in [0.4, 0.5) is 0 Å². The van der Waals surface area contributed by atoms with Gasteiger partial charge in [0.05, 0.1) is 18.2 Å². The molecule has 4 heteroatoms. The lowest BCUT2D eigenvalue weighted by molar-refractivity contribution is 0.123. The van der Waals surface area contributed by atoms with Gasteiger partial charge in [-0.05, 0) is 18.1 Å². The summed E-state index contributed by atoms with van der Waals surface area (Å²) in [5, 5.41) is 10.6. The number of nitrogens with two attached hydrogens (primary N) is 1. The van der Waals surface area contributed by atoms with Gasteiger partial charge < -0.3 is 15.6 Å². The van der Waals surface area contributed by atoms with Crippen molar-refractivity contribution in [3.63, 3.8) is 0 Å². The van der Waals surface area contributed by atoms with Gasteiger partial charge in [0.1, 0.15) is 5.75 Å². The van der Waals surface area contributed by atoms with Crippen molar-refractivity contribution in [2.24, 2.45) is 11.7 Å². The minimum atomic E-state index is -0.816. The van der Waals surface area contributed by atoms with Gasteiger partial charge in [-0.1, -0.05) is 31.5 Å². The first-order valence-electron chi connectivity index (χ1n) is 5.25. The average Bonchev–Trinajstić information content (AvgIpc) is 2.26. The molecule has 0 aromatic heterocycles. The monoisotopic (exact) mass is 243 g/mol. The van der Waals surface area contributed by atoms with E-state index in [0.717, 1.165) is 0 Å². The van der Waals surface area contributed by atoms with Crippen LogP contribution in [0.5, 0.6) is 5.75 Å². The van der Waals surface area contributed by atoms with Gasteiger partial charge in [0.2, 0.25) is 0 Å². The highest BCUT2D eigenvalue weighted by atomic mass is 35.5. The number of hydrogen-bond acceptors (Lipinski definition) is 3. The third-order valence-electron chi connectivity index (χ3n) is 2.66. The minimum absolute atomic E-state index is 0.163. The van der Waals surface area contributed by atoms with Crippen LogP contribution in [0.1, 0.15) is 25.5 Å². The molecule has 0 radical (unpaired) electrons. The summed E-state index contributed by atoms with van der Waals surface area (Å²) >= 11 is 6.06. The lowest BCUT2D eigenvalue weighted by Crippen LogP contribution is -2.33. The highest BCUT2D eigenvalue weighted by Crippen LogP contribution is 2.34. The number of hydrogen-bond donors (Lipinski definition) is 2. The van der Waals surface area contributed by atoms with E-state index in [1.54, 1.807) is 25.3 Å². The van der Waals surface area contributed by atoms with Crippen molar-refractivity contribution in [1.82, 2.24) is 0 Å². The molecule has 3 N–H and O–H groups in total. The second kappa shape index (κ2) is 5.53. The van der Waals surface area contributed by atoms with Crippen LogP contribution in [0.15, 0.2) is 18.2 Å². The van der Waals surface area contributed by atoms with Crippen molar-refractivity contribution in [3.05, 3.63) is 28.8 Å². The van der Waals surface area contributed by atoms with Crippen LogP contribution < -0.4 is 10.5 Å². The summed E-state index contributed by atoms with van der Waals surface area (Å²) in [7, 11) is 1.54. The maximum Gasteiger partial charge on any atom is 0.126 e. The van der Waals surface area contributed by atoms with Crippen LogP contribution >= 0.6 is 11.6 Å². The lowest BCUT2D eigenvalue weighted by Gasteiger charge is -2.24. The van der Waals surface area contributed by atoms with Crippen molar-refractivity contribution in [3.8, 4) is 5.75 Å². The first-order valence-corrected chi connectivity index (χ1v) is 5.62. The van der Waals surface area contributed by atoms with Crippen molar-refractivity contribution in [2.75, 3.05) is 7.11 Å². The molecule has 0 amide bonds. The summed E-state index contributed by atoms with van der Waals surface area (Å²) in [6.07, 6.45) is -0.816. The maximum absolute atomic E-state index is 10.2. The summed E-state index contributed by atoms with van der Waals surface area (Å²) in [4.78, 5) is 0. The minimum Gasteiger partial charge on any atom is -0.496 e. The zero-order chi connectivity index (χ0) is 12.3. The Balaban J connectivity index is 3.11. The van der Waals surface area contributed by atoms with E-state index in [-0.39, 0.29) is 12.0 Å². The molecule has 0 fully saturated rings. The topological polar surface area (TPSA) is 55.5 Å². The fraction of sp³-hybridized carbons (Fsp3) is 0.500. The molecule has 0 saturated heterocycles. The predicted molar refractivity (Wildman–Crippen MR) is 65.8 cm³/mol. The number of halogens is 1. The van der Waals surface area contributed by atoms with E-state index in [1.807, 2.05) is 13.8 Å². The average molecular weight is 244 g/mol. The lowest BCUT2D eigenvalue weighted by atomic mass is 9.94. The predicted octanol–water partition coefficient (Wildman–Crippen LogP) is 2.37. The molecule has 0 saturated carbocycles. The molecule has 1 aromatic carbocycles. The zero-order valence-electron chi connectivity index (χ0n) is 9.77. The van der Waals surface area contributed by atoms with E-state index < -0.39 is 6.10 Å². The summed E-state index contributed by atoms with van der Waals surface area (Å²) in [6, 6.07) is 4.89. The smallest absolute Gasteiger partial charge is 0.126 e. The normalized spacial score (nSPS) is 14.9. The van der Waals surface area contributed by atoms with E-state index in [2.05, 4.69) is 0 Å². The van der Waals surface area contributed by atoms with Crippen molar-refractivity contribution in [2.45, 2.75) is 26.0 Å². The molecule has 1 rings (SSSR count). The molecular formula is C12H18ClNO2. The maximum atomic E-state index is 10.2. The molecule has 0 aliphatic heterocycles. The Hall–Kier alpha value is -0.770. The van der Waals surface area contributed by atoms with Crippen LogP contribution in [0.3, 0.4) is 0 Å². The van der Waals surface area contributed by atoms with Crippen molar-refractivity contribution < 1.29 is 9.84 Å². The van der Waals surface area contributed by atoms with Gasteiger partial charge in [-0.2, -0.15) is 0 Å². The highest BCUT2D eigenvalue weighted by molar-refractivity contribution is 6.31. The van der Waals surface area contributed by atoms with Gasteiger partial charge in [-0.3, -0.25) is 0 Å². The van der Waals surface area contributed by atoms with Crippen LogP contribution in [-0.4, -0.2) is 18.3 Å². The van der Waals surface area contributed by atoms with Crippen LogP contribution in [0, 0.1) is 5.92 Å². The van der Waals surface area contributed by atoms with Gasteiger partial charge in [0, 0.05) is 11.6 Å². The van der Waals surface area contributed by atoms with Crippen LogP contribution in [0.2, 0.25) is 5.02 Å². The molecule has 90 valence electrons. The Bertz CT molecular complexity index is 355. The molecule has 0 aliphatic rings. The standard InChI is InChI=1S/C12H18ClNO2/c1-7(2)11(14)12(15)10-8(13)5-4-6-9(10)16-3/h4-7,11-12,15H,14H2,1-3H3. The molecular weight excluding hydrogens is 226 g/mol. The number of rotatable bonds is 4. The van der Waals surface area contributed by atoms with Gasteiger partial charge in [0.15, 0.2) is 0 Å². The second-order valence-electron chi connectivity index (χ2n) is 4.12. The van der Waals surface area contributed by atoms with Gasteiger partial charge in [-0.15, -0.1) is 0 Å². The van der Waals surface area contributed by atoms with E-state index in [4.69, 9.17) is 22.1 Å². The number of methoxy groups -OCH3 is 1. The summed E-state index contributed by atoms with van der Waals surface area (Å²) in [5.74, 6) is 0.729.